The highest BCUT2D eigenvalue weighted by atomic mass is 32.2. The topological polar surface area (TPSA) is 98.8 Å². The van der Waals surface area contributed by atoms with Crippen molar-refractivity contribution in [3.8, 4) is 0 Å². The SMILES string of the molecule is CSCCC(N)(O)C(=O)OOC(=O)C(C)(C)C. The van der Waals surface area contributed by atoms with Crippen LogP contribution in [0.5, 0.6) is 0 Å². The van der Waals surface area contributed by atoms with Gasteiger partial charge in [-0.3, -0.25) is 5.73 Å². The fraction of sp³-hybridized carbons (Fsp3) is 0.800. The van der Waals surface area contributed by atoms with Gasteiger partial charge in [-0.15, -0.1) is 0 Å². The summed E-state index contributed by atoms with van der Waals surface area (Å²) in [5.41, 5.74) is 2.38. The molecule has 0 aliphatic carbocycles. The van der Waals surface area contributed by atoms with Gasteiger partial charge in [0.05, 0.1) is 5.41 Å². The van der Waals surface area contributed by atoms with Gasteiger partial charge in [0.15, 0.2) is 0 Å². The van der Waals surface area contributed by atoms with Gasteiger partial charge in [-0.25, -0.2) is 19.4 Å². The van der Waals surface area contributed by atoms with Gasteiger partial charge >= 0.3 is 11.9 Å². The molecule has 0 saturated heterocycles. The first-order chi connectivity index (χ1) is 7.61. The molecule has 0 saturated carbocycles. The van der Waals surface area contributed by atoms with Crippen molar-refractivity contribution in [1.82, 2.24) is 0 Å². The summed E-state index contributed by atoms with van der Waals surface area (Å²) >= 11 is 1.42. The van der Waals surface area contributed by atoms with E-state index in [0.29, 0.717) is 5.75 Å². The van der Waals surface area contributed by atoms with Crippen molar-refractivity contribution in [3.05, 3.63) is 0 Å². The molecule has 0 aliphatic heterocycles. The Hall–Kier alpha value is -0.790. The second-order valence-electron chi connectivity index (χ2n) is 4.66. The lowest BCUT2D eigenvalue weighted by atomic mass is 9.98. The molecule has 6 nitrogen and oxygen atoms in total. The van der Waals surface area contributed by atoms with Crippen molar-refractivity contribution >= 4 is 23.7 Å². The highest BCUT2D eigenvalue weighted by molar-refractivity contribution is 7.98. The van der Waals surface area contributed by atoms with E-state index in [1.165, 1.54) is 11.8 Å². The van der Waals surface area contributed by atoms with E-state index in [1.807, 2.05) is 0 Å². The number of nitrogens with two attached hydrogens (primary N) is 1. The Labute approximate surface area is 105 Å². The van der Waals surface area contributed by atoms with Gasteiger partial charge in [-0.2, -0.15) is 11.8 Å². The molecule has 0 rings (SSSR count). The van der Waals surface area contributed by atoms with Crippen molar-refractivity contribution in [2.45, 2.75) is 32.9 Å². The van der Waals surface area contributed by atoms with E-state index < -0.39 is 23.1 Å². The molecule has 7 heteroatoms. The van der Waals surface area contributed by atoms with Crippen molar-refractivity contribution in [1.29, 1.82) is 0 Å². The molecular weight excluding hydrogens is 246 g/mol. The number of carbonyl (C=O) groups is 2. The lowest BCUT2D eigenvalue weighted by Crippen LogP contribution is -2.49. The first-order valence-corrected chi connectivity index (χ1v) is 6.44. The maximum Gasteiger partial charge on any atom is 0.401 e. The molecule has 0 aromatic heterocycles. The summed E-state index contributed by atoms with van der Waals surface area (Å²) in [6.07, 6.45) is 1.82. The number of rotatable bonds is 4. The van der Waals surface area contributed by atoms with E-state index in [-0.39, 0.29) is 6.42 Å². The minimum absolute atomic E-state index is 0.0140. The Morgan fingerprint density at radius 3 is 2.12 bits per heavy atom. The molecule has 0 heterocycles. The standard InChI is InChI=1S/C10H19NO5S/c1-9(2,3)7(12)15-16-8(13)10(11,14)5-6-17-4/h14H,5-6,11H2,1-4H3. The number of aliphatic hydroxyl groups is 1. The summed E-state index contributed by atoms with van der Waals surface area (Å²) in [5, 5.41) is 9.53. The van der Waals surface area contributed by atoms with Crippen molar-refractivity contribution < 1.29 is 24.5 Å². The third-order valence-corrected chi connectivity index (χ3v) is 2.46. The summed E-state index contributed by atoms with van der Waals surface area (Å²) in [6.45, 7) is 4.81. The number of hydrogen-bond acceptors (Lipinski definition) is 7. The van der Waals surface area contributed by atoms with Gasteiger partial charge in [-0.05, 0) is 32.8 Å². The van der Waals surface area contributed by atoms with Crippen LogP contribution in [0, 0.1) is 5.41 Å². The summed E-state index contributed by atoms with van der Waals surface area (Å²) in [5.74, 6) is -1.41. The van der Waals surface area contributed by atoms with Crippen LogP contribution in [0.4, 0.5) is 0 Å². The summed E-state index contributed by atoms with van der Waals surface area (Å²) in [7, 11) is 0. The lowest BCUT2D eigenvalue weighted by Gasteiger charge is -2.20. The smallest absolute Gasteiger partial charge is 0.366 e. The van der Waals surface area contributed by atoms with Crippen LogP contribution in [-0.2, 0) is 19.4 Å². The van der Waals surface area contributed by atoms with Crippen LogP contribution in [0.2, 0.25) is 0 Å². The van der Waals surface area contributed by atoms with Gasteiger partial charge in [0.25, 0.3) is 0 Å². The monoisotopic (exact) mass is 265 g/mol. The fourth-order valence-electron chi connectivity index (χ4n) is 0.633. The Kier molecular flexibility index (Phi) is 5.94. The molecule has 0 aromatic rings. The maximum atomic E-state index is 11.3. The summed E-state index contributed by atoms with van der Waals surface area (Å²) in [6, 6.07) is 0. The van der Waals surface area contributed by atoms with Gasteiger partial charge in [0, 0.05) is 6.42 Å². The maximum absolute atomic E-state index is 11.3. The summed E-state index contributed by atoms with van der Waals surface area (Å²) < 4.78 is 0. The van der Waals surface area contributed by atoms with Crippen molar-refractivity contribution in [2.75, 3.05) is 12.0 Å². The Morgan fingerprint density at radius 1 is 1.24 bits per heavy atom. The van der Waals surface area contributed by atoms with Crippen LogP contribution >= 0.6 is 11.8 Å². The zero-order valence-electron chi connectivity index (χ0n) is 10.5. The van der Waals surface area contributed by atoms with Crippen LogP contribution in [0.1, 0.15) is 27.2 Å². The second kappa shape index (κ2) is 6.23. The van der Waals surface area contributed by atoms with E-state index in [1.54, 1.807) is 27.0 Å². The second-order valence-corrected chi connectivity index (χ2v) is 5.64. The van der Waals surface area contributed by atoms with Crippen molar-refractivity contribution in [3.63, 3.8) is 0 Å². The Morgan fingerprint density at radius 2 is 1.71 bits per heavy atom. The van der Waals surface area contributed by atoms with Gasteiger partial charge in [-0.1, -0.05) is 0 Å². The number of carbonyl (C=O) groups excluding carboxylic acids is 2. The molecular formula is C10H19NO5S. The molecule has 0 radical (unpaired) electrons. The van der Waals surface area contributed by atoms with E-state index in [9.17, 15) is 14.7 Å². The zero-order chi connectivity index (χ0) is 13.7. The van der Waals surface area contributed by atoms with E-state index >= 15 is 0 Å². The molecule has 1 atom stereocenters. The van der Waals surface area contributed by atoms with Crippen LogP contribution in [-0.4, -0.2) is 34.8 Å². The van der Waals surface area contributed by atoms with Crippen LogP contribution in [0.15, 0.2) is 0 Å². The van der Waals surface area contributed by atoms with Gasteiger partial charge < -0.3 is 5.11 Å². The van der Waals surface area contributed by atoms with Gasteiger partial charge in [0.2, 0.25) is 5.72 Å². The first kappa shape index (κ1) is 16.2. The largest absolute Gasteiger partial charge is 0.401 e. The molecule has 3 N–H and O–H groups in total. The fourth-order valence-corrected chi connectivity index (χ4v) is 1.15. The van der Waals surface area contributed by atoms with Crippen LogP contribution in [0.3, 0.4) is 0 Å². The first-order valence-electron chi connectivity index (χ1n) is 5.05. The van der Waals surface area contributed by atoms with E-state index in [2.05, 4.69) is 9.78 Å². The molecule has 0 aromatic carbocycles. The normalized spacial score (nSPS) is 14.9. The van der Waals surface area contributed by atoms with E-state index in [0.717, 1.165) is 0 Å². The van der Waals surface area contributed by atoms with Gasteiger partial charge in [0.1, 0.15) is 0 Å². The minimum Gasteiger partial charge on any atom is -0.366 e. The molecule has 0 fully saturated rings. The molecule has 0 amide bonds. The highest BCUT2D eigenvalue weighted by Gasteiger charge is 2.35. The molecule has 0 bridgehead atoms. The van der Waals surface area contributed by atoms with Crippen LogP contribution < -0.4 is 5.73 Å². The third kappa shape index (κ3) is 5.90. The number of thioether (sulfide) groups is 1. The average molecular weight is 265 g/mol. The number of hydrogen-bond donors (Lipinski definition) is 2. The molecule has 100 valence electrons. The van der Waals surface area contributed by atoms with E-state index in [4.69, 9.17) is 5.73 Å². The molecule has 1 unspecified atom stereocenters. The predicted molar refractivity (Wildman–Crippen MR) is 63.8 cm³/mol. The Balaban J connectivity index is 4.22. The zero-order valence-corrected chi connectivity index (χ0v) is 11.3. The molecule has 0 spiro atoms. The lowest BCUT2D eigenvalue weighted by molar-refractivity contribution is -0.275. The van der Waals surface area contributed by atoms with Crippen LogP contribution in [0.25, 0.3) is 0 Å². The summed E-state index contributed by atoms with van der Waals surface area (Å²) in [4.78, 5) is 31.1. The average Bonchev–Trinajstić information content (AvgIpc) is 2.21. The quantitative estimate of drug-likeness (QED) is 0.432. The Bertz CT molecular complexity index is 285. The molecule has 17 heavy (non-hydrogen) atoms. The van der Waals surface area contributed by atoms with Crippen molar-refractivity contribution in [2.24, 2.45) is 11.1 Å². The minimum atomic E-state index is -2.14. The third-order valence-electron chi connectivity index (χ3n) is 1.85. The highest BCUT2D eigenvalue weighted by Crippen LogP contribution is 2.16. The molecule has 0 aliphatic rings. The predicted octanol–water partition coefficient (Wildman–Crippen LogP) is 0.434.